The van der Waals surface area contributed by atoms with Crippen LogP contribution in [0.3, 0.4) is 0 Å². The molecule has 6 heteroatoms. The van der Waals surface area contributed by atoms with E-state index in [1.165, 1.54) is 12.1 Å². The van der Waals surface area contributed by atoms with Gasteiger partial charge < -0.3 is 4.52 Å². The molecule has 0 atom stereocenters. The minimum absolute atomic E-state index is 0.0818. The van der Waals surface area contributed by atoms with Crippen LogP contribution >= 0.6 is 11.6 Å². The van der Waals surface area contributed by atoms with Gasteiger partial charge in [0, 0.05) is 12.1 Å². The number of nitro benzene ring substituents is 1. The van der Waals surface area contributed by atoms with E-state index in [0.717, 1.165) is 18.5 Å². The normalized spacial score (nSPS) is 10.6. The number of rotatable bonds is 4. The first-order chi connectivity index (χ1) is 8.63. The Hall–Kier alpha value is -1.88. The zero-order valence-corrected chi connectivity index (χ0v) is 10.5. The molecule has 0 amide bonds. The fourth-order valence-electron chi connectivity index (χ4n) is 1.71. The van der Waals surface area contributed by atoms with Gasteiger partial charge in [-0.25, -0.2) is 0 Å². The van der Waals surface area contributed by atoms with E-state index >= 15 is 0 Å². The molecule has 0 radical (unpaired) electrons. The van der Waals surface area contributed by atoms with Crippen LogP contribution in [0.2, 0.25) is 5.02 Å². The largest absolute Gasteiger partial charge is 0.356 e. The summed E-state index contributed by atoms with van der Waals surface area (Å²) >= 11 is 6.00. The smallest absolute Gasteiger partial charge is 0.281 e. The number of hydrogen-bond acceptors (Lipinski definition) is 4. The maximum Gasteiger partial charge on any atom is 0.281 e. The fourth-order valence-corrected chi connectivity index (χ4v) is 1.98. The predicted molar refractivity (Wildman–Crippen MR) is 67.6 cm³/mol. The van der Waals surface area contributed by atoms with Crippen LogP contribution in [-0.4, -0.2) is 10.1 Å². The molecule has 0 fully saturated rings. The Morgan fingerprint density at radius 3 is 2.94 bits per heavy atom. The van der Waals surface area contributed by atoms with E-state index in [9.17, 15) is 10.1 Å². The highest BCUT2D eigenvalue weighted by molar-refractivity contribution is 6.33. The predicted octanol–water partition coefficient (Wildman–Crippen LogP) is 3.86. The summed E-state index contributed by atoms with van der Waals surface area (Å²) in [5.41, 5.74) is 0.961. The highest BCUT2D eigenvalue weighted by Gasteiger charge is 2.21. The van der Waals surface area contributed by atoms with Gasteiger partial charge in [-0.15, -0.1) is 0 Å². The van der Waals surface area contributed by atoms with Crippen LogP contribution in [-0.2, 0) is 6.42 Å². The summed E-state index contributed by atoms with van der Waals surface area (Å²) in [4.78, 5) is 10.5. The van der Waals surface area contributed by atoms with Crippen molar-refractivity contribution in [1.82, 2.24) is 5.16 Å². The molecule has 0 aliphatic carbocycles. The SMILES string of the molecule is CCCc1cc(-c2c(Cl)cccc2[N+](=O)[O-])on1. The van der Waals surface area contributed by atoms with Gasteiger partial charge in [0.15, 0.2) is 5.76 Å². The second-order valence-electron chi connectivity index (χ2n) is 3.82. The molecule has 2 aromatic rings. The van der Waals surface area contributed by atoms with Gasteiger partial charge in [0.2, 0.25) is 0 Å². The van der Waals surface area contributed by atoms with Crippen LogP contribution in [0.25, 0.3) is 11.3 Å². The van der Waals surface area contributed by atoms with Gasteiger partial charge in [0.05, 0.1) is 15.6 Å². The summed E-state index contributed by atoms with van der Waals surface area (Å²) in [5, 5.41) is 15.1. The Morgan fingerprint density at radius 2 is 2.28 bits per heavy atom. The van der Waals surface area contributed by atoms with E-state index in [1.54, 1.807) is 12.1 Å². The Morgan fingerprint density at radius 1 is 1.50 bits per heavy atom. The van der Waals surface area contributed by atoms with Crippen molar-refractivity contribution in [2.45, 2.75) is 19.8 Å². The Balaban J connectivity index is 2.51. The second kappa shape index (κ2) is 5.18. The van der Waals surface area contributed by atoms with Crippen LogP contribution in [0.1, 0.15) is 19.0 Å². The molecule has 0 aliphatic heterocycles. The molecule has 5 nitrogen and oxygen atoms in total. The third-order valence-corrected chi connectivity index (χ3v) is 2.81. The molecule has 0 saturated heterocycles. The summed E-state index contributed by atoms with van der Waals surface area (Å²) in [6.07, 6.45) is 1.69. The van der Waals surface area contributed by atoms with Crippen molar-refractivity contribution in [3.8, 4) is 11.3 Å². The van der Waals surface area contributed by atoms with Gasteiger partial charge in [0.1, 0.15) is 5.56 Å². The van der Waals surface area contributed by atoms with Crippen molar-refractivity contribution in [1.29, 1.82) is 0 Å². The minimum atomic E-state index is -0.483. The molecule has 1 aromatic carbocycles. The second-order valence-corrected chi connectivity index (χ2v) is 4.23. The summed E-state index contributed by atoms with van der Waals surface area (Å²) in [6, 6.07) is 6.21. The first-order valence-corrected chi connectivity index (χ1v) is 5.90. The lowest BCUT2D eigenvalue weighted by Crippen LogP contribution is -1.91. The number of aromatic nitrogens is 1. The first-order valence-electron chi connectivity index (χ1n) is 5.52. The molecule has 0 unspecified atom stereocenters. The molecule has 0 spiro atoms. The summed E-state index contributed by atoms with van der Waals surface area (Å²) in [6.45, 7) is 2.02. The van der Waals surface area contributed by atoms with Gasteiger partial charge in [-0.1, -0.05) is 36.2 Å². The molecule has 1 heterocycles. The van der Waals surface area contributed by atoms with Crippen molar-refractivity contribution in [2.24, 2.45) is 0 Å². The number of aryl methyl sites for hydroxylation is 1. The molecule has 94 valence electrons. The third kappa shape index (κ3) is 2.36. The Kier molecular flexibility index (Phi) is 3.62. The quantitative estimate of drug-likeness (QED) is 0.622. The fraction of sp³-hybridized carbons (Fsp3) is 0.250. The maximum atomic E-state index is 11.0. The number of nitrogens with zero attached hydrogens (tertiary/aromatic N) is 2. The summed E-state index contributed by atoms with van der Waals surface area (Å²) < 4.78 is 5.14. The van der Waals surface area contributed by atoms with Gasteiger partial charge in [-0.2, -0.15) is 0 Å². The lowest BCUT2D eigenvalue weighted by molar-refractivity contribution is -0.384. The van der Waals surface area contributed by atoms with Crippen molar-refractivity contribution < 1.29 is 9.45 Å². The van der Waals surface area contributed by atoms with Crippen molar-refractivity contribution in [3.63, 3.8) is 0 Å². The zero-order chi connectivity index (χ0) is 13.1. The average Bonchev–Trinajstić information content (AvgIpc) is 2.77. The number of nitro groups is 1. The van der Waals surface area contributed by atoms with E-state index in [2.05, 4.69) is 5.16 Å². The molecule has 0 N–H and O–H groups in total. The highest BCUT2D eigenvalue weighted by atomic mass is 35.5. The van der Waals surface area contributed by atoms with Crippen molar-refractivity contribution in [2.75, 3.05) is 0 Å². The van der Waals surface area contributed by atoms with E-state index in [0.29, 0.717) is 5.76 Å². The Labute approximate surface area is 109 Å². The van der Waals surface area contributed by atoms with Crippen molar-refractivity contribution >= 4 is 17.3 Å². The lowest BCUT2D eigenvalue weighted by Gasteiger charge is -2.00. The highest BCUT2D eigenvalue weighted by Crippen LogP contribution is 2.36. The molecule has 0 bridgehead atoms. The van der Waals surface area contributed by atoms with Crippen LogP contribution in [0.15, 0.2) is 28.8 Å². The minimum Gasteiger partial charge on any atom is -0.356 e. The number of benzene rings is 1. The molecule has 1 aromatic heterocycles. The molecule has 0 aliphatic rings. The van der Waals surface area contributed by atoms with Crippen molar-refractivity contribution in [3.05, 3.63) is 45.1 Å². The van der Waals surface area contributed by atoms with E-state index in [-0.39, 0.29) is 16.3 Å². The standard InChI is InChI=1S/C12H11ClN2O3/c1-2-4-8-7-11(18-14-8)12-9(13)5-3-6-10(12)15(16)17/h3,5-7H,2,4H2,1H3. The number of halogens is 1. The third-order valence-electron chi connectivity index (χ3n) is 2.50. The van der Waals surface area contributed by atoms with Crippen LogP contribution < -0.4 is 0 Å². The molecule has 2 rings (SSSR count). The summed E-state index contributed by atoms with van der Waals surface area (Å²) in [7, 11) is 0. The van der Waals surface area contributed by atoms with Gasteiger partial charge in [0.25, 0.3) is 5.69 Å². The van der Waals surface area contributed by atoms with E-state index in [1.807, 2.05) is 6.92 Å². The van der Waals surface area contributed by atoms with Crippen LogP contribution in [0, 0.1) is 10.1 Å². The van der Waals surface area contributed by atoms with Gasteiger partial charge in [-0.3, -0.25) is 10.1 Å². The van der Waals surface area contributed by atoms with Crippen LogP contribution in [0.5, 0.6) is 0 Å². The summed E-state index contributed by atoms with van der Waals surface area (Å²) in [5.74, 6) is 0.329. The van der Waals surface area contributed by atoms with E-state index in [4.69, 9.17) is 16.1 Å². The molecule has 0 saturated carbocycles. The average molecular weight is 267 g/mol. The first kappa shape index (κ1) is 12.6. The van der Waals surface area contributed by atoms with E-state index < -0.39 is 4.92 Å². The topological polar surface area (TPSA) is 69.2 Å². The van der Waals surface area contributed by atoms with Gasteiger partial charge >= 0.3 is 0 Å². The van der Waals surface area contributed by atoms with Gasteiger partial charge in [-0.05, 0) is 12.5 Å². The molecular formula is C12H11ClN2O3. The van der Waals surface area contributed by atoms with Crippen LogP contribution in [0.4, 0.5) is 5.69 Å². The zero-order valence-electron chi connectivity index (χ0n) is 9.72. The lowest BCUT2D eigenvalue weighted by atomic mass is 10.1. The Bertz CT molecular complexity index is 580. The maximum absolute atomic E-state index is 11.0. The monoisotopic (exact) mass is 266 g/mol. The molecular weight excluding hydrogens is 256 g/mol. The number of hydrogen-bond donors (Lipinski definition) is 0. The molecule has 18 heavy (non-hydrogen) atoms.